The zero-order valence-corrected chi connectivity index (χ0v) is 11.3. The van der Waals surface area contributed by atoms with Gasteiger partial charge in [0.2, 0.25) is 0 Å². The fourth-order valence-corrected chi connectivity index (χ4v) is 2.10. The van der Waals surface area contributed by atoms with Crippen LogP contribution in [-0.2, 0) is 0 Å². The van der Waals surface area contributed by atoms with Crippen molar-refractivity contribution in [2.75, 3.05) is 0 Å². The minimum atomic E-state index is 1.01. The molecule has 3 aromatic rings. The number of benzene rings is 1. The highest BCUT2D eigenvalue weighted by molar-refractivity contribution is 5.66. The predicted octanol–water partition coefficient (Wildman–Crippen LogP) is 3.88. The van der Waals surface area contributed by atoms with Gasteiger partial charge in [-0.2, -0.15) is 5.10 Å². The van der Waals surface area contributed by atoms with Crippen LogP contribution in [0, 0.1) is 6.92 Å². The Morgan fingerprint density at radius 3 is 2.50 bits per heavy atom. The van der Waals surface area contributed by atoms with Crippen molar-refractivity contribution in [1.29, 1.82) is 0 Å². The largest absolute Gasteiger partial charge is 0.265 e. The first-order valence-electron chi connectivity index (χ1n) is 6.52. The molecule has 98 valence electrons. The van der Waals surface area contributed by atoms with E-state index in [2.05, 4.69) is 22.2 Å². The smallest absolute Gasteiger partial charge is 0.0676 e. The van der Waals surface area contributed by atoms with Crippen LogP contribution in [0.4, 0.5) is 0 Å². The minimum absolute atomic E-state index is 1.01. The molecule has 20 heavy (non-hydrogen) atoms. The molecule has 0 saturated carbocycles. The molecule has 0 bridgehead atoms. The SMILES string of the molecule is Cc1nn(C=Cc2ccccc2)cc1-c1ccncc1. The predicted molar refractivity (Wildman–Crippen MR) is 81.9 cm³/mol. The fourth-order valence-electron chi connectivity index (χ4n) is 2.10. The van der Waals surface area contributed by atoms with Crippen LogP contribution in [0.25, 0.3) is 23.4 Å². The molecule has 3 rings (SSSR count). The molecule has 0 aliphatic carbocycles. The van der Waals surface area contributed by atoms with Gasteiger partial charge in [0.25, 0.3) is 0 Å². The molecular formula is C17H15N3. The maximum Gasteiger partial charge on any atom is 0.0676 e. The summed E-state index contributed by atoms with van der Waals surface area (Å²) >= 11 is 0. The van der Waals surface area contributed by atoms with Gasteiger partial charge in [-0.15, -0.1) is 0 Å². The maximum absolute atomic E-state index is 4.51. The number of aryl methyl sites for hydroxylation is 1. The summed E-state index contributed by atoms with van der Waals surface area (Å²) in [6.45, 7) is 2.02. The number of hydrogen-bond acceptors (Lipinski definition) is 2. The standard InChI is InChI=1S/C17H15N3/c1-14-17(16-7-10-18-11-8-16)13-20(19-14)12-9-15-5-3-2-4-6-15/h2-13H,1H3. The lowest BCUT2D eigenvalue weighted by Crippen LogP contribution is -1.86. The van der Waals surface area contributed by atoms with Gasteiger partial charge in [0.15, 0.2) is 0 Å². The van der Waals surface area contributed by atoms with Gasteiger partial charge in [0, 0.05) is 30.4 Å². The van der Waals surface area contributed by atoms with Gasteiger partial charge in [0.1, 0.15) is 0 Å². The van der Waals surface area contributed by atoms with E-state index < -0.39 is 0 Å². The topological polar surface area (TPSA) is 30.7 Å². The summed E-state index contributed by atoms with van der Waals surface area (Å²) in [7, 11) is 0. The average molecular weight is 261 g/mol. The zero-order valence-electron chi connectivity index (χ0n) is 11.3. The molecule has 0 unspecified atom stereocenters. The Morgan fingerprint density at radius 1 is 1.00 bits per heavy atom. The van der Waals surface area contributed by atoms with Crippen LogP contribution in [-0.4, -0.2) is 14.8 Å². The second kappa shape index (κ2) is 5.53. The highest BCUT2D eigenvalue weighted by Gasteiger charge is 2.05. The van der Waals surface area contributed by atoms with Crippen molar-refractivity contribution < 1.29 is 0 Å². The molecule has 2 heterocycles. The van der Waals surface area contributed by atoms with Crippen molar-refractivity contribution in [3.63, 3.8) is 0 Å². The molecule has 0 amide bonds. The van der Waals surface area contributed by atoms with E-state index in [4.69, 9.17) is 0 Å². The molecular weight excluding hydrogens is 246 g/mol. The van der Waals surface area contributed by atoms with Crippen LogP contribution in [0.5, 0.6) is 0 Å². The van der Waals surface area contributed by atoms with Gasteiger partial charge in [-0.05, 0) is 36.3 Å². The highest BCUT2D eigenvalue weighted by Crippen LogP contribution is 2.21. The third-order valence-electron chi connectivity index (χ3n) is 3.13. The molecule has 0 spiro atoms. The van der Waals surface area contributed by atoms with Gasteiger partial charge in [-0.25, -0.2) is 4.68 Å². The number of rotatable bonds is 3. The molecule has 2 aromatic heterocycles. The quantitative estimate of drug-likeness (QED) is 0.716. The van der Waals surface area contributed by atoms with E-state index in [-0.39, 0.29) is 0 Å². The summed E-state index contributed by atoms with van der Waals surface area (Å²) in [4.78, 5) is 4.04. The van der Waals surface area contributed by atoms with Crippen molar-refractivity contribution in [1.82, 2.24) is 14.8 Å². The number of hydrogen-bond donors (Lipinski definition) is 0. The zero-order chi connectivity index (χ0) is 13.8. The summed E-state index contributed by atoms with van der Waals surface area (Å²) in [5.41, 5.74) is 4.43. The van der Waals surface area contributed by atoms with Gasteiger partial charge in [-0.1, -0.05) is 30.3 Å². The summed E-state index contributed by atoms with van der Waals surface area (Å²) in [5.74, 6) is 0. The van der Waals surface area contributed by atoms with Gasteiger partial charge < -0.3 is 0 Å². The lowest BCUT2D eigenvalue weighted by molar-refractivity contribution is 0.914. The van der Waals surface area contributed by atoms with Crippen LogP contribution >= 0.6 is 0 Å². The first-order valence-corrected chi connectivity index (χ1v) is 6.52. The molecule has 0 atom stereocenters. The van der Waals surface area contributed by atoms with Crippen molar-refractivity contribution in [3.05, 3.63) is 72.3 Å². The van der Waals surface area contributed by atoms with Gasteiger partial charge in [-0.3, -0.25) is 4.98 Å². The van der Waals surface area contributed by atoms with E-state index in [0.29, 0.717) is 0 Å². The van der Waals surface area contributed by atoms with Gasteiger partial charge >= 0.3 is 0 Å². The molecule has 0 radical (unpaired) electrons. The molecule has 0 aliphatic heterocycles. The Kier molecular flexibility index (Phi) is 3.42. The molecule has 1 aromatic carbocycles. The number of pyridine rings is 1. The Bertz CT molecular complexity index is 713. The van der Waals surface area contributed by atoms with E-state index in [1.165, 1.54) is 0 Å². The second-order valence-electron chi connectivity index (χ2n) is 4.57. The Hall–Kier alpha value is -2.68. The van der Waals surface area contributed by atoms with Crippen LogP contribution in [0.1, 0.15) is 11.3 Å². The summed E-state index contributed by atoms with van der Waals surface area (Å²) < 4.78 is 1.85. The summed E-state index contributed by atoms with van der Waals surface area (Å²) in [6.07, 6.45) is 9.64. The summed E-state index contributed by atoms with van der Waals surface area (Å²) in [6, 6.07) is 14.2. The van der Waals surface area contributed by atoms with E-state index in [1.54, 1.807) is 12.4 Å². The first kappa shape index (κ1) is 12.4. The Morgan fingerprint density at radius 2 is 1.75 bits per heavy atom. The van der Waals surface area contributed by atoms with E-state index >= 15 is 0 Å². The lowest BCUT2D eigenvalue weighted by Gasteiger charge is -1.96. The molecule has 0 fully saturated rings. The third-order valence-corrected chi connectivity index (χ3v) is 3.13. The normalized spacial score (nSPS) is 11.1. The monoisotopic (exact) mass is 261 g/mol. The Labute approximate surface area is 118 Å². The second-order valence-corrected chi connectivity index (χ2v) is 4.57. The molecule has 3 nitrogen and oxygen atoms in total. The van der Waals surface area contributed by atoms with E-state index in [9.17, 15) is 0 Å². The van der Waals surface area contributed by atoms with Crippen LogP contribution < -0.4 is 0 Å². The third kappa shape index (κ3) is 2.67. The summed E-state index contributed by atoms with van der Waals surface area (Å²) in [5, 5.41) is 4.51. The molecule has 0 N–H and O–H groups in total. The van der Waals surface area contributed by atoms with Gasteiger partial charge in [0.05, 0.1) is 5.69 Å². The van der Waals surface area contributed by atoms with Crippen molar-refractivity contribution in [2.45, 2.75) is 6.92 Å². The van der Waals surface area contributed by atoms with E-state index in [1.807, 2.05) is 60.4 Å². The maximum atomic E-state index is 4.51. The Balaban J connectivity index is 1.88. The number of aromatic nitrogens is 3. The van der Waals surface area contributed by atoms with Crippen LogP contribution in [0.3, 0.4) is 0 Å². The molecule has 0 aliphatic rings. The minimum Gasteiger partial charge on any atom is -0.265 e. The van der Waals surface area contributed by atoms with Crippen molar-refractivity contribution in [2.24, 2.45) is 0 Å². The highest BCUT2D eigenvalue weighted by atomic mass is 15.3. The first-order chi connectivity index (χ1) is 9.83. The fraction of sp³-hybridized carbons (Fsp3) is 0.0588. The number of nitrogens with zero attached hydrogens (tertiary/aromatic N) is 3. The van der Waals surface area contributed by atoms with Crippen molar-refractivity contribution in [3.8, 4) is 11.1 Å². The molecule has 0 saturated heterocycles. The van der Waals surface area contributed by atoms with Crippen molar-refractivity contribution >= 4 is 12.3 Å². The van der Waals surface area contributed by atoms with Crippen LogP contribution in [0.2, 0.25) is 0 Å². The molecule has 3 heteroatoms. The lowest BCUT2D eigenvalue weighted by atomic mass is 10.1. The van der Waals surface area contributed by atoms with E-state index in [0.717, 1.165) is 22.4 Å². The van der Waals surface area contributed by atoms with Crippen LogP contribution in [0.15, 0.2) is 61.1 Å². The average Bonchev–Trinajstić information content (AvgIpc) is 2.88.